The van der Waals surface area contributed by atoms with Crippen molar-refractivity contribution in [2.45, 2.75) is 32.2 Å². The highest BCUT2D eigenvalue weighted by molar-refractivity contribution is 6.02. The number of nitrogens with zero attached hydrogens (tertiary/aromatic N) is 1. The monoisotopic (exact) mass is 304 g/mol. The van der Waals surface area contributed by atoms with Crippen molar-refractivity contribution in [2.75, 3.05) is 25.1 Å². The Morgan fingerprint density at radius 3 is 2.59 bits per heavy atom. The zero-order chi connectivity index (χ0) is 16.2. The summed E-state index contributed by atoms with van der Waals surface area (Å²) in [6.07, 6.45) is 0.884. The van der Waals surface area contributed by atoms with Gasteiger partial charge in [0.25, 0.3) is 0 Å². The van der Waals surface area contributed by atoms with Gasteiger partial charge in [-0.05, 0) is 25.1 Å². The van der Waals surface area contributed by atoms with Crippen LogP contribution in [0.5, 0.6) is 0 Å². The predicted molar refractivity (Wildman–Crippen MR) is 85.6 cm³/mol. The number of nitrogens with one attached hydrogen (secondary N) is 1. The van der Waals surface area contributed by atoms with Crippen molar-refractivity contribution >= 4 is 17.6 Å². The van der Waals surface area contributed by atoms with Gasteiger partial charge in [-0.2, -0.15) is 0 Å². The van der Waals surface area contributed by atoms with Gasteiger partial charge in [-0.15, -0.1) is 0 Å². The maximum Gasteiger partial charge on any atom is 0.332 e. The number of carbonyl (C=O) groups is 2. The van der Waals surface area contributed by atoms with Crippen molar-refractivity contribution < 1.29 is 14.3 Å². The van der Waals surface area contributed by atoms with Crippen molar-refractivity contribution in [3.05, 3.63) is 30.3 Å². The van der Waals surface area contributed by atoms with E-state index in [1.807, 2.05) is 44.2 Å². The molecule has 120 valence electrons. The van der Waals surface area contributed by atoms with Crippen LogP contribution in [0, 0.1) is 5.92 Å². The van der Waals surface area contributed by atoms with Gasteiger partial charge >= 0.3 is 5.97 Å². The summed E-state index contributed by atoms with van der Waals surface area (Å²) in [6.45, 7) is 5.16. The normalized spacial score (nSPS) is 24.6. The molecule has 0 aliphatic carbocycles. The van der Waals surface area contributed by atoms with Gasteiger partial charge in [0.15, 0.2) is 0 Å². The van der Waals surface area contributed by atoms with E-state index in [1.165, 1.54) is 7.11 Å². The molecule has 2 atom stereocenters. The molecule has 0 radical (unpaired) electrons. The molecule has 1 amide bonds. The first-order valence-corrected chi connectivity index (χ1v) is 7.75. The number of ether oxygens (including phenoxy) is 1. The van der Waals surface area contributed by atoms with Crippen LogP contribution in [0.3, 0.4) is 0 Å². The molecular weight excluding hydrogens is 280 g/mol. The van der Waals surface area contributed by atoms with E-state index in [0.717, 1.165) is 5.69 Å². The summed E-state index contributed by atoms with van der Waals surface area (Å²) in [6, 6.07) is 9.39. The first kappa shape index (κ1) is 16.5. The van der Waals surface area contributed by atoms with Gasteiger partial charge < -0.3 is 10.1 Å². The van der Waals surface area contributed by atoms with E-state index in [9.17, 15) is 9.59 Å². The molecule has 1 saturated heterocycles. The Morgan fingerprint density at radius 1 is 1.36 bits per heavy atom. The Labute approximate surface area is 131 Å². The Morgan fingerprint density at radius 2 is 2.05 bits per heavy atom. The molecule has 22 heavy (non-hydrogen) atoms. The number of rotatable bonds is 4. The number of benzene rings is 1. The first-order chi connectivity index (χ1) is 10.6. The number of methoxy groups -OCH3 is 1. The number of piperidine rings is 1. The van der Waals surface area contributed by atoms with E-state index in [0.29, 0.717) is 25.9 Å². The molecule has 1 heterocycles. The van der Waals surface area contributed by atoms with E-state index < -0.39 is 5.54 Å². The van der Waals surface area contributed by atoms with Crippen LogP contribution in [0.2, 0.25) is 0 Å². The molecule has 1 aliphatic heterocycles. The minimum Gasteiger partial charge on any atom is -0.467 e. The molecule has 1 aliphatic rings. The summed E-state index contributed by atoms with van der Waals surface area (Å²) in [7, 11) is 1.39. The van der Waals surface area contributed by atoms with Crippen molar-refractivity contribution in [1.82, 2.24) is 5.32 Å². The summed E-state index contributed by atoms with van der Waals surface area (Å²) in [5, 5.41) is 3.29. The van der Waals surface area contributed by atoms with Gasteiger partial charge in [0.1, 0.15) is 5.54 Å². The lowest BCUT2D eigenvalue weighted by atomic mass is 9.77. The van der Waals surface area contributed by atoms with Gasteiger partial charge in [0, 0.05) is 24.6 Å². The van der Waals surface area contributed by atoms with Gasteiger partial charge in [0.2, 0.25) is 5.91 Å². The topological polar surface area (TPSA) is 58.6 Å². The van der Waals surface area contributed by atoms with Gasteiger partial charge in [-0.25, -0.2) is 4.79 Å². The second-order valence-corrected chi connectivity index (χ2v) is 5.69. The van der Waals surface area contributed by atoms with E-state index in [2.05, 4.69) is 5.32 Å². The molecule has 0 saturated carbocycles. The zero-order valence-electron chi connectivity index (χ0n) is 13.5. The summed E-state index contributed by atoms with van der Waals surface area (Å²) in [4.78, 5) is 27.0. The molecule has 1 aromatic rings. The highest BCUT2D eigenvalue weighted by atomic mass is 16.5. The van der Waals surface area contributed by atoms with Crippen LogP contribution in [-0.2, 0) is 14.3 Å². The molecule has 1 N–H and O–H groups in total. The quantitative estimate of drug-likeness (QED) is 0.864. The molecule has 1 fully saturated rings. The van der Waals surface area contributed by atoms with E-state index in [-0.39, 0.29) is 17.8 Å². The second-order valence-electron chi connectivity index (χ2n) is 5.69. The number of hydrogen-bond acceptors (Lipinski definition) is 4. The van der Waals surface area contributed by atoms with E-state index in [1.54, 1.807) is 4.90 Å². The molecule has 5 heteroatoms. The third kappa shape index (κ3) is 2.73. The van der Waals surface area contributed by atoms with Crippen molar-refractivity contribution in [2.24, 2.45) is 5.92 Å². The number of amides is 1. The number of carbonyl (C=O) groups excluding carboxylic acids is 2. The third-order valence-electron chi connectivity index (χ3n) is 4.45. The van der Waals surface area contributed by atoms with Crippen LogP contribution in [0.15, 0.2) is 30.3 Å². The van der Waals surface area contributed by atoms with Crippen LogP contribution in [-0.4, -0.2) is 37.6 Å². The lowest BCUT2D eigenvalue weighted by Crippen LogP contribution is -2.66. The summed E-state index contributed by atoms with van der Waals surface area (Å²) in [5.41, 5.74) is -0.206. The van der Waals surface area contributed by atoms with Crippen LogP contribution in [0.4, 0.5) is 5.69 Å². The molecule has 5 nitrogen and oxygen atoms in total. The zero-order valence-corrected chi connectivity index (χ0v) is 13.5. The van der Waals surface area contributed by atoms with Crippen molar-refractivity contribution in [3.63, 3.8) is 0 Å². The average Bonchev–Trinajstić information content (AvgIpc) is 2.56. The predicted octanol–water partition coefficient (Wildman–Crippen LogP) is 1.97. The summed E-state index contributed by atoms with van der Waals surface area (Å²) in [5.74, 6) is -0.443. The van der Waals surface area contributed by atoms with Crippen LogP contribution in [0.1, 0.15) is 26.7 Å². The van der Waals surface area contributed by atoms with Crippen LogP contribution >= 0.6 is 0 Å². The van der Waals surface area contributed by atoms with Gasteiger partial charge in [-0.1, -0.05) is 32.0 Å². The van der Waals surface area contributed by atoms with Gasteiger partial charge in [-0.3, -0.25) is 9.69 Å². The molecular formula is C17H24N2O3. The number of anilines is 1. The number of hydrogen-bond donors (Lipinski definition) is 1. The molecule has 0 unspecified atom stereocenters. The fraction of sp³-hybridized carbons (Fsp3) is 0.529. The third-order valence-corrected chi connectivity index (χ3v) is 4.45. The Kier molecular flexibility index (Phi) is 5.19. The minimum atomic E-state index is -0.950. The highest BCUT2D eigenvalue weighted by Gasteiger charge is 2.52. The maximum atomic E-state index is 12.7. The number of para-hydroxylation sites is 1. The summed E-state index contributed by atoms with van der Waals surface area (Å²) >= 11 is 0. The Balaban J connectivity index is 2.58. The average molecular weight is 304 g/mol. The lowest BCUT2D eigenvalue weighted by Gasteiger charge is -2.48. The standard InChI is InChI=1S/C17H24N2O3/c1-4-15(20)19(14-8-6-5-7-9-14)17(16(21)22-3)10-11-18-12-13(17)2/h5-9,13,18H,4,10-12H2,1-3H3/t13-,17+/m0/s1. The number of esters is 1. The maximum absolute atomic E-state index is 12.7. The highest BCUT2D eigenvalue weighted by Crippen LogP contribution is 2.36. The lowest BCUT2D eigenvalue weighted by molar-refractivity contribution is -0.152. The molecule has 0 spiro atoms. The SMILES string of the molecule is CCC(=O)N(c1ccccc1)[C@]1(C(=O)OC)CCNC[C@@H]1C. The molecule has 0 aromatic heterocycles. The Bertz CT molecular complexity index is 532. The second kappa shape index (κ2) is 6.92. The molecule has 2 rings (SSSR count). The molecule has 0 bridgehead atoms. The van der Waals surface area contributed by atoms with E-state index in [4.69, 9.17) is 4.74 Å². The Hall–Kier alpha value is -1.88. The smallest absolute Gasteiger partial charge is 0.332 e. The minimum absolute atomic E-state index is 0.0376. The largest absolute Gasteiger partial charge is 0.467 e. The molecule has 1 aromatic carbocycles. The van der Waals surface area contributed by atoms with Gasteiger partial charge in [0.05, 0.1) is 7.11 Å². The fourth-order valence-corrected chi connectivity index (χ4v) is 3.25. The summed E-state index contributed by atoms with van der Waals surface area (Å²) < 4.78 is 5.10. The first-order valence-electron chi connectivity index (χ1n) is 7.75. The van der Waals surface area contributed by atoms with Crippen molar-refractivity contribution in [1.29, 1.82) is 0 Å². The van der Waals surface area contributed by atoms with E-state index >= 15 is 0 Å². The van der Waals surface area contributed by atoms with Crippen LogP contribution < -0.4 is 10.2 Å². The van der Waals surface area contributed by atoms with Crippen molar-refractivity contribution in [3.8, 4) is 0 Å². The van der Waals surface area contributed by atoms with Crippen LogP contribution in [0.25, 0.3) is 0 Å². The fourth-order valence-electron chi connectivity index (χ4n) is 3.25.